The molecule has 14 heteroatoms. The van der Waals surface area contributed by atoms with Gasteiger partial charge in [-0.3, -0.25) is 28.8 Å². The summed E-state index contributed by atoms with van der Waals surface area (Å²) >= 11 is 0. The maximum absolute atomic E-state index is 12.6. The van der Waals surface area contributed by atoms with Gasteiger partial charge in [-0.1, -0.05) is 25.8 Å². The highest BCUT2D eigenvalue weighted by molar-refractivity contribution is 5.69. The van der Waals surface area contributed by atoms with Crippen LogP contribution in [-0.2, 0) is 66.7 Å². The zero-order chi connectivity index (χ0) is 39.0. The first-order valence-corrected chi connectivity index (χ1v) is 18.1. The zero-order valence-electron chi connectivity index (χ0n) is 32.4. The molecule has 2 saturated carbocycles. The minimum absolute atomic E-state index is 0.125. The molecule has 1 saturated heterocycles. The molecule has 0 bridgehead atoms. The Kier molecular flexibility index (Phi) is 14.8. The van der Waals surface area contributed by atoms with Crippen LogP contribution in [-0.4, -0.2) is 91.9 Å². The van der Waals surface area contributed by atoms with Gasteiger partial charge in [0.15, 0.2) is 24.6 Å². The normalized spacial score (nSPS) is 34.6. The van der Waals surface area contributed by atoms with Crippen molar-refractivity contribution in [1.29, 1.82) is 0 Å². The van der Waals surface area contributed by atoms with E-state index in [1.54, 1.807) is 0 Å². The number of carbonyl (C=O) groups excluding carboxylic acids is 6. The van der Waals surface area contributed by atoms with Crippen LogP contribution in [0.3, 0.4) is 0 Å². The smallest absolute Gasteiger partial charge is 0.303 e. The van der Waals surface area contributed by atoms with Gasteiger partial charge in [0, 0.05) is 47.0 Å². The predicted octanol–water partition coefficient (Wildman–Crippen LogP) is 4.92. The molecule has 3 fully saturated rings. The summed E-state index contributed by atoms with van der Waals surface area (Å²) in [5.41, 5.74) is -0.479. The quantitative estimate of drug-likeness (QED) is 0.102. The van der Waals surface area contributed by atoms with E-state index in [4.69, 9.17) is 37.9 Å². The third kappa shape index (κ3) is 11.0. The Morgan fingerprint density at radius 1 is 0.692 bits per heavy atom. The highest BCUT2D eigenvalue weighted by Gasteiger charge is 2.62. The first-order valence-electron chi connectivity index (χ1n) is 18.1. The molecular weight excluding hydrogens is 680 g/mol. The first kappa shape index (κ1) is 42.9. The summed E-state index contributed by atoms with van der Waals surface area (Å²) in [6, 6.07) is 0. The molecule has 10 unspecified atom stereocenters. The molecule has 52 heavy (non-hydrogen) atoms. The van der Waals surface area contributed by atoms with Gasteiger partial charge >= 0.3 is 35.8 Å². The molecule has 3 aliphatic rings. The highest BCUT2D eigenvalue weighted by Crippen LogP contribution is 2.64. The van der Waals surface area contributed by atoms with Crippen LogP contribution in [0.2, 0.25) is 0 Å². The Labute approximate surface area is 306 Å². The van der Waals surface area contributed by atoms with E-state index in [0.717, 1.165) is 31.3 Å². The third-order valence-corrected chi connectivity index (χ3v) is 11.0. The number of allylic oxidation sites excluding steroid dienone is 1. The standard InChI is InChI=1S/C38H58O14/c1-22(15-19-45-23(2)39)12-13-31-37(9)17-11-16-36(8,21-47-25(4)41)30(37)14-18-38(31,10)52-35-34(50-28(7)44)33(49-27(6)43)32(48-26(5)42)29(51-35)20-46-24(3)40/h15,29-35H,11-14,16-21H2,1-10H3. The van der Waals surface area contributed by atoms with Crippen LogP contribution in [0.1, 0.15) is 114 Å². The van der Waals surface area contributed by atoms with E-state index in [2.05, 4.69) is 13.8 Å². The fourth-order valence-electron chi connectivity index (χ4n) is 8.96. The van der Waals surface area contributed by atoms with Crippen LogP contribution >= 0.6 is 0 Å². The fourth-order valence-corrected chi connectivity index (χ4v) is 8.96. The number of ether oxygens (including phenoxy) is 8. The summed E-state index contributed by atoms with van der Waals surface area (Å²) in [5, 5.41) is 0. The molecular formula is C38H58O14. The molecule has 0 aromatic heterocycles. The number of hydrogen-bond acceptors (Lipinski definition) is 14. The molecule has 294 valence electrons. The van der Waals surface area contributed by atoms with Gasteiger partial charge in [-0.25, -0.2) is 0 Å². The maximum Gasteiger partial charge on any atom is 0.303 e. The van der Waals surface area contributed by atoms with Gasteiger partial charge in [-0.05, 0) is 75.7 Å². The van der Waals surface area contributed by atoms with Crippen molar-refractivity contribution in [2.75, 3.05) is 19.8 Å². The van der Waals surface area contributed by atoms with Crippen LogP contribution in [0.5, 0.6) is 0 Å². The summed E-state index contributed by atoms with van der Waals surface area (Å²) in [6.07, 6.45) is 0.688. The van der Waals surface area contributed by atoms with Gasteiger partial charge in [0.2, 0.25) is 0 Å². The molecule has 10 atom stereocenters. The molecule has 0 radical (unpaired) electrons. The van der Waals surface area contributed by atoms with E-state index in [1.807, 2.05) is 19.9 Å². The maximum atomic E-state index is 12.6. The summed E-state index contributed by atoms with van der Waals surface area (Å²) < 4.78 is 46.4. The largest absolute Gasteiger partial charge is 0.465 e. The molecule has 14 nitrogen and oxygen atoms in total. The zero-order valence-corrected chi connectivity index (χ0v) is 32.4. The van der Waals surface area contributed by atoms with Gasteiger partial charge in [-0.15, -0.1) is 0 Å². The lowest BCUT2D eigenvalue weighted by molar-refractivity contribution is -0.346. The molecule has 3 rings (SSSR count). The minimum Gasteiger partial charge on any atom is -0.465 e. The minimum atomic E-state index is -1.35. The van der Waals surface area contributed by atoms with Crippen molar-refractivity contribution in [3.05, 3.63) is 11.6 Å². The number of hydrogen-bond donors (Lipinski definition) is 0. The number of fused-ring (bicyclic) bond motifs is 1. The average Bonchev–Trinajstić information content (AvgIpc) is 3.00. The molecule has 0 aromatic carbocycles. The second-order valence-electron chi connectivity index (χ2n) is 15.3. The lowest BCUT2D eigenvalue weighted by Gasteiger charge is -2.63. The van der Waals surface area contributed by atoms with Crippen LogP contribution in [0.15, 0.2) is 11.6 Å². The van der Waals surface area contributed by atoms with Gasteiger partial charge in [0.05, 0.1) is 12.2 Å². The van der Waals surface area contributed by atoms with Gasteiger partial charge in [-0.2, -0.15) is 0 Å². The van der Waals surface area contributed by atoms with Gasteiger partial charge < -0.3 is 37.9 Å². The topological polar surface area (TPSA) is 176 Å². The molecule has 0 spiro atoms. The highest BCUT2D eigenvalue weighted by atomic mass is 16.7. The van der Waals surface area contributed by atoms with Crippen molar-refractivity contribution in [2.24, 2.45) is 22.7 Å². The van der Waals surface area contributed by atoms with E-state index in [1.165, 1.54) is 41.5 Å². The molecule has 2 aliphatic carbocycles. The van der Waals surface area contributed by atoms with E-state index < -0.39 is 60.2 Å². The Morgan fingerprint density at radius 2 is 1.27 bits per heavy atom. The molecule has 0 amide bonds. The van der Waals surface area contributed by atoms with Crippen molar-refractivity contribution < 1.29 is 66.7 Å². The molecule has 1 aliphatic heterocycles. The Balaban J connectivity index is 2.10. The van der Waals surface area contributed by atoms with E-state index in [9.17, 15) is 28.8 Å². The summed E-state index contributed by atoms with van der Waals surface area (Å²) in [5.74, 6) is -3.43. The molecule has 0 aromatic rings. The van der Waals surface area contributed by atoms with Crippen molar-refractivity contribution in [3.8, 4) is 0 Å². The van der Waals surface area contributed by atoms with Crippen LogP contribution in [0.25, 0.3) is 0 Å². The third-order valence-electron chi connectivity index (χ3n) is 11.0. The Hall–Kier alpha value is -3.52. The van der Waals surface area contributed by atoms with Crippen LogP contribution in [0, 0.1) is 22.7 Å². The second kappa shape index (κ2) is 18.0. The monoisotopic (exact) mass is 738 g/mol. The summed E-state index contributed by atoms with van der Waals surface area (Å²) in [4.78, 5) is 72.5. The number of carbonyl (C=O) groups is 6. The van der Waals surface area contributed by atoms with E-state index >= 15 is 0 Å². The van der Waals surface area contributed by atoms with Crippen LogP contribution < -0.4 is 0 Å². The Morgan fingerprint density at radius 3 is 1.85 bits per heavy atom. The lowest BCUT2D eigenvalue weighted by atomic mass is 9.44. The Bertz CT molecular complexity index is 1360. The van der Waals surface area contributed by atoms with Crippen molar-refractivity contribution in [1.82, 2.24) is 0 Å². The number of rotatable bonds is 14. The first-order chi connectivity index (χ1) is 24.2. The van der Waals surface area contributed by atoms with E-state index in [0.29, 0.717) is 25.9 Å². The molecule has 0 N–H and O–H groups in total. The molecule has 1 heterocycles. The van der Waals surface area contributed by atoms with Gasteiger partial charge in [0.25, 0.3) is 0 Å². The summed E-state index contributed by atoms with van der Waals surface area (Å²) in [7, 11) is 0. The predicted molar refractivity (Wildman–Crippen MR) is 184 cm³/mol. The van der Waals surface area contributed by atoms with Crippen LogP contribution in [0.4, 0.5) is 0 Å². The second-order valence-corrected chi connectivity index (χ2v) is 15.3. The van der Waals surface area contributed by atoms with E-state index in [-0.39, 0.29) is 47.8 Å². The van der Waals surface area contributed by atoms with Crippen molar-refractivity contribution in [3.63, 3.8) is 0 Å². The van der Waals surface area contributed by atoms with Crippen molar-refractivity contribution >= 4 is 35.8 Å². The summed E-state index contributed by atoms with van der Waals surface area (Å²) in [6.45, 7) is 16.1. The SMILES string of the molecule is CC(=O)OCC=C(C)CCC1C(C)(OC2OC(COC(C)=O)C(OC(C)=O)C(OC(C)=O)C2OC(C)=O)CCC2C(C)(COC(C)=O)CCCC21C. The van der Waals surface area contributed by atoms with Gasteiger partial charge in [0.1, 0.15) is 19.3 Å². The fraction of sp³-hybridized carbons (Fsp3) is 0.789. The van der Waals surface area contributed by atoms with Crippen molar-refractivity contribution in [2.45, 2.75) is 150 Å². The average molecular weight is 739 g/mol. The number of esters is 6. The lowest BCUT2D eigenvalue weighted by Crippen LogP contribution is -2.66.